The molecule has 1 aliphatic rings. The molecule has 0 aliphatic carbocycles. The molecule has 4 aromatic carbocycles. The van der Waals surface area contributed by atoms with Gasteiger partial charge in [0.1, 0.15) is 17.7 Å². The van der Waals surface area contributed by atoms with Crippen molar-refractivity contribution in [3.63, 3.8) is 0 Å². The average molecular weight is 618 g/mol. The molecule has 6 rings (SSSR count). The van der Waals surface area contributed by atoms with Gasteiger partial charge >= 0.3 is 0 Å². The van der Waals surface area contributed by atoms with Crippen molar-refractivity contribution in [1.29, 1.82) is 0 Å². The van der Waals surface area contributed by atoms with Crippen LogP contribution in [0.5, 0.6) is 0 Å². The molecule has 1 aliphatic heterocycles. The first kappa shape index (κ1) is 28.5. The maximum atomic E-state index is 14.3. The summed E-state index contributed by atoms with van der Waals surface area (Å²) in [5, 5.41) is 7.93. The highest BCUT2D eigenvalue weighted by Crippen LogP contribution is 2.59. The number of rotatable bonds is 10. The molecular formula is C33H29ClNO5PS. The number of anilines is 1. The molecule has 3 unspecified atom stereocenters. The number of allylic oxidation sites excluding steroid dienone is 1. The number of fused-ring (bicyclic) bond motifs is 2. The summed E-state index contributed by atoms with van der Waals surface area (Å²) in [6, 6.07) is 28.7. The number of amides is 1. The topological polar surface area (TPSA) is 84.9 Å². The van der Waals surface area contributed by atoms with Gasteiger partial charge in [-0.15, -0.1) is 11.3 Å². The van der Waals surface area contributed by atoms with Crippen LogP contribution in [0.3, 0.4) is 0 Å². The first-order chi connectivity index (χ1) is 20.4. The smallest absolute Gasteiger partial charge is 0.241 e. The molecule has 3 atom stereocenters. The molecular weight excluding hydrogens is 589 g/mol. The molecule has 1 amide bonds. The lowest BCUT2D eigenvalue weighted by atomic mass is 9.95. The Balaban J connectivity index is 1.32. The van der Waals surface area contributed by atoms with E-state index in [1.165, 1.54) is 11.3 Å². The van der Waals surface area contributed by atoms with Gasteiger partial charge in [-0.1, -0.05) is 72.3 Å². The highest BCUT2D eigenvalue weighted by Gasteiger charge is 2.40. The normalized spacial score (nSPS) is 15.8. The van der Waals surface area contributed by atoms with Crippen molar-refractivity contribution >= 4 is 62.8 Å². The predicted octanol–water partition coefficient (Wildman–Crippen LogP) is 8.75. The van der Waals surface area contributed by atoms with E-state index >= 15 is 0 Å². The lowest BCUT2D eigenvalue weighted by molar-refractivity contribution is -0.116. The zero-order chi connectivity index (χ0) is 29.1. The van der Waals surface area contributed by atoms with E-state index in [1.807, 2.05) is 78.9 Å². The second kappa shape index (κ2) is 12.3. The third kappa shape index (κ3) is 6.25. The summed E-state index contributed by atoms with van der Waals surface area (Å²) in [5.74, 6) is -0.0768. The lowest BCUT2D eigenvalue weighted by Gasteiger charge is -2.25. The van der Waals surface area contributed by atoms with Crippen LogP contribution in [-0.4, -0.2) is 23.8 Å². The Morgan fingerprint density at radius 1 is 1.00 bits per heavy atom. The van der Waals surface area contributed by atoms with E-state index in [9.17, 15) is 14.3 Å². The van der Waals surface area contributed by atoms with E-state index in [4.69, 9.17) is 21.1 Å². The molecule has 0 spiro atoms. The maximum Gasteiger partial charge on any atom is 0.241 e. The Hall–Kier alpha value is -3.61. The second-order valence-corrected chi connectivity index (χ2v) is 14.2. The van der Waals surface area contributed by atoms with Crippen molar-refractivity contribution in [1.82, 2.24) is 0 Å². The van der Waals surface area contributed by atoms with Crippen LogP contribution in [0.2, 0.25) is 5.02 Å². The molecule has 0 fully saturated rings. The van der Waals surface area contributed by atoms with E-state index in [-0.39, 0.29) is 18.9 Å². The van der Waals surface area contributed by atoms with Crippen LogP contribution in [0, 0.1) is 5.92 Å². The molecule has 6 nitrogen and oxygen atoms in total. The quantitative estimate of drug-likeness (QED) is 0.153. The van der Waals surface area contributed by atoms with Crippen LogP contribution in [0.15, 0.2) is 108 Å². The molecule has 42 heavy (non-hydrogen) atoms. The number of carbonyl (C=O) groups is 1. The zero-order valence-corrected chi connectivity index (χ0v) is 25.1. The van der Waals surface area contributed by atoms with Crippen LogP contribution in [0.4, 0.5) is 5.69 Å². The van der Waals surface area contributed by atoms with Crippen molar-refractivity contribution in [2.75, 3.05) is 18.3 Å². The number of halogens is 1. The van der Waals surface area contributed by atoms with E-state index in [1.54, 1.807) is 23.8 Å². The third-order valence-electron chi connectivity index (χ3n) is 7.55. The molecule has 0 saturated carbocycles. The summed E-state index contributed by atoms with van der Waals surface area (Å²) >= 11 is 7.75. The van der Waals surface area contributed by atoms with E-state index in [0.29, 0.717) is 40.3 Å². The summed E-state index contributed by atoms with van der Waals surface area (Å²) in [6.07, 6.45) is 2.44. The fourth-order valence-electron chi connectivity index (χ4n) is 5.43. The summed E-state index contributed by atoms with van der Waals surface area (Å²) in [6.45, 7) is 0.121. The van der Waals surface area contributed by atoms with Crippen molar-refractivity contribution in [3.8, 4) is 0 Å². The van der Waals surface area contributed by atoms with Gasteiger partial charge in [0.2, 0.25) is 20.1 Å². The van der Waals surface area contributed by atoms with Crippen molar-refractivity contribution in [2.24, 2.45) is 5.92 Å². The number of hydrogen-bond acceptors (Lipinski definition) is 5. The van der Waals surface area contributed by atoms with Gasteiger partial charge in [0.15, 0.2) is 0 Å². The number of thiophene rings is 1. The Kier molecular flexibility index (Phi) is 8.36. The number of hydrogen-bond donors (Lipinski definition) is 2. The molecule has 9 heteroatoms. The van der Waals surface area contributed by atoms with Crippen molar-refractivity contribution in [3.05, 3.63) is 125 Å². The van der Waals surface area contributed by atoms with Gasteiger partial charge in [-0.2, -0.15) is 0 Å². The molecule has 2 N–H and O–H groups in total. The highest BCUT2D eigenvalue weighted by atomic mass is 35.5. The first-order valence-corrected chi connectivity index (χ1v) is 16.8. The minimum Gasteiger partial charge on any atom is -0.462 e. The summed E-state index contributed by atoms with van der Waals surface area (Å²) in [5.41, 5.74) is 0.852. The predicted molar refractivity (Wildman–Crippen MR) is 170 cm³/mol. The van der Waals surface area contributed by atoms with Gasteiger partial charge in [0.25, 0.3) is 0 Å². The Labute approximate surface area is 253 Å². The Morgan fingerprint density at radius 3 is 2.57 bits per heavy atom. The van der Waals surface area contributed by atoms with Crippen LogP contribution in [0.25, 0.3) is 20.9 Å². The van der Waals surface area contributed by atoms with Crippen LogP contribution in [0.1, 0.15) is 23.2 Å². The largest absolute Gasteiger partial charge is 0.462 e. The number of ether oxygens (including phenoxy) is 2. The summed E-state index contributed by atoms with van der Waals surface area (Å²) in [7, 11) is -4.12. The Bertz CT molecular complexity index is 1820. The summed E-state index contributed by atoms with van der Waals surface area (Å²) in [4.78, 5) is 25.7. The zero-order valence-electron chi connectivity index (χ0n) is 22.6. The second-order valence-electron chi connectivity index (χ2n) is 10.4. The monoisotopic (exact) mass is 617 g/mol. The van der Waals surface area contributed by atoms with Crippen molar-refractivity contribution < 1.29 is 23.7 Å². The third-order valence-corrected chi connectivity index (χ3v) is 11.0. The van der Waals surface area contributed by atoms with Gasteiger partial charge in [-0.05, 0) is 75.8 Å². The molecule has 2 heterocycles. The number of carbonyl (C=O) groups excluding carboxylic acids is 1. The van der Waals surface area contributed by atoms with Crippen LogP contribution < -0.4 is 5.32 Å². The van der Waals surface area contributed by atoms with Crippen molar-refractivity contribution in [2.45, 2.75) is 18.5 Å². The van der Waals surface area contributed by atoms with E-state index in [2.05, 4.69) is 5.32 Å². The number of benzene rings is 4. The molecule has 0 bridgehead atoms. The average Bonchev–Trinajstić information content (AvgIpc) is 3.67. The molecule has 5 aromatic rings. The highest BCUT2D eigenvalue weighted by molar-refractivity contribution is 7.59. The van der Waals surface area contributed by atoms with Gasteiger partial charge < -0.3 is 19.7 Å². The fraction of sp³-hybridized carbons (Fsp3) is 0.182. The SMILES string of the molecule is O=C(Nc1ccc2ccccc2c1)C(c1csc2ccc(Cl)cc12)P(=O)(O)CCC(Cc1ccccc1)C1=COCO1. The van der Waals surface area contributed by atoms with Crippen LogP contribution >= 0.6 is 30.3 Å². The lowest BCUT2D eigenvalue weighted by Crippen LogP contribution is -2.23. The molecule has 1 aromatic heterocycles. The van der Waals surface area contributed by atoms with Gasteiger partial charge in [0, 0.05) is 27.5 Å². The van der Waals surface area contributed by atoms with Crippen LogP contribution in [-0.2, 0) is 25.3 Å². The molecule has 0 saturated heterocycles. The number of nitrogens with one attached hydrogen (secondary N) is 1. The van der Waals surface area contributed by atoms with Gasteiger partial charge in [-0.25, -0.2) is 0 Å². The minimum atomic E-state index is -4.12. The minimum absolute atomic E-state index is 0.0844. The van der Waals surface area contributed by atoms with E-state index < -0.39 is 18.9 Å². The Morgan fingerprint density at radius 2 is 1.79 bits per heavy atom. The molecule has 214 valence electrons. The van der Waals surface area contributed by atoms with Gasteiger partial charge in [0.05, 0.1) is 0 Å². The first-order valence-electron chi connectivity index (χ1n) is 13.6. The van der Waals surface area contributed by atoms with Gasteiger partial charge in [-0.3, -0.25) is 9.36 Å². The molecule has 0 radical (unpaired) electrons. The fourth-order valence-corrected chi connectivity index (χ4v) is 8.69. The summed E-state index contributed by atoms with van der Waals surface area (Å²) < 4.78 is 26.2. The maximum absolute atomic E-state index is 14.3. The standard InChI is InChI=1S/C33H29ClNO5PS/c34-26-11-13-31-28(18-26)29(20-42-31)32(33(36)35-27-12-10-23-8-4-5-9-24(23)17-27)41(37,38)15-14-25(30-19-39-21-40-30)16-22-6-2-1-3-7-22/h1-13,17-20,25,32H,14-16,21H2,(H,35,36)(H,37,38). The van der Waals surface area contributed by atoms with E-state index in [0.717, 1.165) is 21.0 Å².